The Labute approximate surface area is 157 Å². The first-order valence-corrected chi connectivity index (χ1v) is 10.1. The molecule has 0 unspecified atom stereocenters. The Kier molecular flexibility index (Phi) is 4.95. The Bertz CT molecular complexity index is 755. The Morgan fingerprint density at radius 1 is 1.28 bits per heavy atom. The van der Waals surface area contributed by atoms with Crippen molar-refractivity contribution in [3.05, 3.63) is 45.2 Å². The largest absolute Gasteiger partial charge is 0.355 e. The molecular weight excluding hydrogens is 354 g/mol. The molecule has 25 heavy (non-hydrogen) atoms. The van der Waals surface area contributed by atoms with Crippen molar-refractivity contribution in [2.75, 3.05) is 24.5 Å². The van der Waals surface area contributed by atoms with Gasteiger partial charge in [-0.15, -0.1) is 11.3 Å². The maximum atomic E-state index is 12.7. The van der Waals surface area contributed by atoms with E-state index in [2.05, 4.69) is 21.3 Å². The SMILES string of the molecule is O=C(CC1CCN(c2ncccc2Cl)CC1)N1CCc2sccc2C1. The van der Waals surface area contributed by atoms with Gasteiger partial charge in [-0.2, -0.15) is 0 Å². The van der Waals surface area contributed by atoms with Gasteiger partial charge in [-0.1, -0.05) is 11.6 Å². The molecule has 6 heteroatoms. The monoisotopic (exact) mass is 375 g/mol. The number of nitrogens with zero attached hydrogens (tertiary/aromatic N) is 3. The molecule has 0 spiro atoms. The zero-order chi connectivity index (χ0) is 17.2. The van der Waals surface area contributed by atoms with Crippen LogP contribution in [0.5, 0.6) is 0 Å². The molecule has 132 valence electrons. The van der Waals surface area contributed by atoms with Crippen molar-refractivity contribution < 1.29 is 4.79 Å². The van der Waals surface area contributed by atoms with E-state index in [0.717, 1.165) is 51.3 Å². The zero-order valence-corrected chi connectivity index (χ0v) is 15.7. The standard InChI is InChI=1S/C19H22ClN3OS/c20-16-2-1-7-21-19(16)22-8-3-14(4-9-22)12-18(24)23-10-5-17-15(13-23)6-11-25-17/h1-2,6-7,11,14H,3-5,8-10,12-13H2. The molecule has 0 atom stereocenters. The second kappa shape index (κ2) is 7.34. The van der Waals surface area contributed by atoms with Gasteiger partial charge in [0.2, 0.25) is 5.91 Å². The third-order valence-corrected chi connectivity index (χ3v) is 6.59. The molecule has 1 saturated heterocycles. The number of halogens is 1. The molecule has 4 heterocycles. The van der Waals surface area contributed by atoms with Crippen molar-refractivity contribution in [3.8, 4) is 0 Å². The number of carbonyl (C=O) groups is 1. The van der Waals surface area contributed by atoms with Crippen molar-refractivity contribution in [2.45, 2.75) is 32.2 Å². The van der Waals surface area contributed by atoms with Gasteiger partial charge in [0.1, 0.15) is 5.82 Å². The quantitative estimate of drug-likeness (QED) is 0.813. The summed E-state index contributed by atoms with van der Waals surface area (Å²) in [6, 6.07) is 5.90. The lowest BCUT2D eigenvalue weighted by Gasteiger charge is -2.34. The van der Waals surface area contributed by atoms with Crippen molar-refractivity contribution >= 4 is 34.7 Å². The Morgan fingerprint density at radius 2 is 2.12 bits per heavy atom. The lowest BCUT2D eigenvalue weighted by Crippen LogP contribution is -2.39. The van der Waals surface area contributed by atoms with E-state index in [1.54, 1.807) is 6.20 Å². The minimum atomic E-state index is 0.311. The summed E-state index contributed by atoms with van der Waals surface area (Å²) in [6.45, 7) is 3.50. The average Bonchev–Trinajstić information content (AvgIpc) is 3.10. The fraction of sp³-hybridized carbons (Fsp3) is 0.474. The second-order valence-corrected chi connectivity index (χ2v) is 8.29. The van der Waals surface area contributed by atoms with E-state index in [1.165, 1.54) is 10.4 Å². The van der Waals surface area contributed by atoms with Gasteiger partial charge in [0.15, 0.2) is 0 Å². The van der Waals surface area contributed by atoms with Gasteiger partial charge in [-0.25, -0.2) is 4.98 Å². The average molecular weight is 376 g/mol. The van der Waals surface area contributed by atoms with E-state index in [-0.39, 0.29) is 0 Å². The molecule has 1 amide bonds. The summed E-state index contributed by atoms with van der Waals surface area (Å²) >= 11 is 8.06. The lowest BCUT2D eigenvalue weighted by molar-refractivity contribution is -0.133. The number of fused-ring (bicyclic) bond motifs is 1. The van der Waals surface area contributed by atoms with Crippen LogP contribution in [0.4, 0.5) is 5.82 Å². The van der Waals surface area contributed by atoms with Crippen molar-refractivity contribution in [2.24, 2.45) is 5.92 Å². The summed E-state index contributed by atoms with van der Waals surface area (Å²) in [5.41, 5.74) is 1.34. The van der Waals surface area contributed by atoms with Crippen LogP contribution in [-0.4, -0.2) is 35.4 Å². The first-order chi connectivity index (χ1) is 12.2. The molecule has 4 rings (SSSR count). The molecule has 2 aromatic rings. The normalized spacial score (nSPS) is 18.3. The van der Waals surface area contributed by atoms with E-state index in [9.17, 15) is 4.79 Å². The smallest absolute Gasteiger partial charge is 0.223 e. The number of aromatic nitrogens is 1. The Balaban J connectivity index is 1.30. The maximum absolute atomic E-state index is 12.7. The highest BCUT2D eigenvalue weighted by Gasteiger charge is 2.27. The lowest BCUT2D eigenvalue weighted by atomic mass is 9.92. The van der Waals surface area contributed by atoms with Crippen LogP contribution in [0.1, 0.15) is 29.7 Å². The summed E-state index contributed by atoms with van der Waals surface area (Å²) in [7, 11) is 0. The minimum Gasteiger partial charge on any atom is -0.355 e. The number of pyridine rings is 1. The van der Waals surface area contributed by atoms with Crippen LogP contribution in [-0.2, 0) is 17.8 Å². The number of carbonyl (C=O) groups excluding carboxylic acids is 1. The highest BCUT2D eigenvalue weighted by atomic mass is 35.5. The van der Waals surface area contributed by atoms with E-state index in [1.807, 2.05) is 28.4 Å². The Morgan fingerprint density at radius 3 is 2.92 bits per heavy atom. The summed E-state index contributed by atoms with van der Waals surface area (Å²) in [6.07, 6.45) is 5.51. The highest BCUT2D eigenvalue weighted by Crippen LogP contribution is 2.30. The van der Waals surface area contributed by atoms with E-state index in [4.69, 9.17) is 11.6 Å². The molecule has 0 radical (unpaired) electrons. The summed E-state index contributed by atoms with van der Waals surface area (Å²) in [5, 5.41) is 2.84. The molecule has 1 fully saturated rings. The molecule has 0 aromatic carbocycles. The van der Waals surface area contributed by atoms with Crippen molar-refractivity contribution in [1.29, 1.82) is 0 Å². The van der Waals surface area contributed by atoms with Gasteiger partial charge < -0.3 is 9.80 Å². The maximum Gasteiger partial charge on any atom is 0.223 e. The van der Waals surface area contributed by atoms with Gasteiger partial charge in [-0.05, 0) is 54.3 Å². The van der Waals surface area contributed by atoms with Crippen molar-refractivity contribution in [3.63, 3.8) is 0 Å². The van der Waals surface area contributed by atoms with Gasteiger partial charge in [0.25, 0.3) is 0 Å². The first-order valence-electron chi connectivity index (χ1n) is 8.89. The van der Waals surface area contributed by atoms with Crippen LogP contribution in [0.25, 0.3) is 0 Å². The fourth-order valence-electron chi connectivity index (χ4n) is 3.80. The number of anilines is 1. The van der Waals surface area contributed by atoms with Crippen LogP contribution in [0, 0.1) is 5.92 Å². The molecule has 0 aliphatic carbocycles. The van der Waals surface area contributed by atoms with Gasteiger partial charge in [-0.3, -0.25) is 4.79 Å². The van der Waals surface area contributed by atoms with Crippen LogP contribution < -0.4 is 4.90 Å². The molecule has 0 N–H and O–H groups in total. The molecule has 2 aliphatic heterocycles. The van der Waals surface area contributed by atoms with Crippen LogP contribution in [0.15, 0.2) is 29.8 Å². The van der Waals surface area contributed by atoms with Gasteiger partial charge >= 0.3 is 0 Å². The van der Waals surface area contributed by atoms with E-state index in [0.29, 0.717) is 23.3 Å². The highest BCUT2D eigenvalue weighted by molar-refractivity contribution is 7.10. The summed E-state index contributed by atoms with van der Waals surface area (Å²) in [5.74, 6) is 1.65. The molecule has 2 aromatic heterocycles. The van der Waals surface area contributed by atoms with Crippen LogP contribution in [0.2, 0.25) is 5.02 Å². The summed E-state index contributed by atoms with van der Waals surface area (Å²) in [4.78, 5) is 22.8. The van der Waals surface area contributed by atoms with Crippen LogP contribution >= 0.6 is 22.9 Å². The molecule has 0 saturated carbocycles. The molecular formula is C19H22ClN3OS. The molecule has 2 aliphatic rings. The Hall–Kier alpha value is -1.59. The minimum absolute atomic E-state index is 0.311. The van der Waals surface area contributed by atoms with Gasteiger partial charge in [0.05, 0.1) is 5.02 Å². The fourth-order valence-corrected chi connectivity index (χ4v) is 4.93. The number of piperidine rings is 1. The number of rotatable bonds is 3. The number of thiophene rings is 1. The van der Waals surface area contributed by atoms with E-state index >= 15 is 0 Å². The summed E-state index contributed by atoms with van der Waals surface area (Å²) < 4.78 is 0. The predicted molar refractivity (Wildman–Crippen MR) is 102 cm³/mol. The third-order valence-electron chi connectivity index (χ3n) is 5.28. The molecule has 0 bridgehead atoms. The zero-order valence-electron chi connectivity index (χ0n) is 14.2. The predicted octanol–water partition coefficient (Wildman–Crippen LogP) is 3.99. The molecule has 4 nitrogen and oxygen atoms in total. The van der Waals surface area contributed by atoms with Gasteiger partial charge in [0, 0.05) is 43.7 Å². The number of hydrogen-bond donors (Lipinski definition) is 0. The van der Waals surface area contributed by atoms with Crippen molar-refractivity contribution in [1.82, 2.24) is 9.88 Å². The topological polar surface area (TPSA) is 36.4 Å². The number of hydrogen-bond acceptors (Lipinski definition) is 4. The first kappa shape index (κ1) is 16.9. The third kappa shape index (κ3) is 3.67. The van der Waals surface area contributed by atoms with E-state index < -0.39 is 0 Å². The second-order valence-electron chi connectivity index (χ2n) is 6.88. The number of amides is 1. The van der Waals surface area contributed by atoms with Crippen LogP contribution in [0.3, 0.4) is 0 Å².